The van der Waals surface area contributed by atoms with E-state index in [1.165, 1.54) is 0 Å². The summed E-state index contributed by atoms with van der Waals surface area (Å²) >= 11 is 0. The normalized spacial score (nSPS) is 15.1. The number of rotatable bonds is 15. The lowest BCUT2D eigenvalue weighted by atomic mass is 9.95. The van der Waals surface area contributed by atoms with Gasteiger partial charge in [0, 0.05) is 6.42 Å². The van der Waals surface area contributed by atoms with Gasteiger partial charge in [0.1, 0.15) is 6.04 Å². The lowest BCUT2D eigenvalue weighted by Gasteiger charge is -2.24. The summed E-state index contributed by atoms with van der Waals surface area (Å²) in [5.74, 6) is -1.66. The molecule has 0 aromatic carbocycles. The van der Waals surface area contributed by atoms with Gasteiger partial charge in [-0.1, -0.05) is 39.0 Å². The monoisotopic (exact) mass is 331 g/mol. The van der Waals surface area contributed by atoms with Crippen LogP contribution in [-0.2, 0) is 9.59 Å². The number of carboxylic acids is 2. The molecule has 0 radical (unpaired) electrons. The largest absolute Gasteiger partial charge is 0.481 e. The van der Waals surface area contributed by atoms with Crippen LogP contribution in [0.4, 0.5) is 0 Å². The molecule has 0 aromatic rings. The van der Waals surface area contributed by atoms with Gasteiger partial charge in [-0.15, -0.1) is 0 Å². The fraction of sp³-hybridized carbons (Fsp3) is 0.882. The SMILES string of the molecule is CCCCC(C)(O)CCNC(CCCCCCC(=O)O)C(=O)O. The minimum absolute atomic E-state index is 0.174. The third-order valence-corrected chi connectivity index (χ3v) is 4.05. The molecule has 0 aromatic heterocycles. The maximum absolute atomic E-state index is 11.2. The second kappa shape index (κ2) is 12.3. The maximum Gasteiger partial charge on any atom is 0.320 e. The summed E-state index contributed by atoms with van der Waals surface area (Å²) in [6.45, 7) is 4.35. The van der Waals surface area contributed by atoms with Crippen LogP contribution in [0.15, 0.2) is 0 Å². The van der Waals surface area contributed by atoms with E-state index in [1.807, 2.05) is 0 Å². The van der Waals surface area contributed by atoms with Crippen molar-refractivity contribution in [2.45, 2.75) is 89.7 Å². The molecule has 2 atom stereocenters. The Morgan fingerprint density at radius 2 is 1.70 bits per heavy atom. The van der Waals surface area contributed by atoms with E-state index in [-0.39, 0.29) is 6.42 Å². The molecule has 0 aliphatic rings. The summed E-state index contributed by atoms with van der Waals surface area (Å²) < 4.78 is 0. The Kier molecular flexibility index (Phi) is 11.7. The van der Waals surface area contributed by atoms with Gasteiger partial charge in [0.2, 0.25) is 0 Å². The van der Waals surface area contributed by atoms with E-state index >= 15 is 0 Å². The van der Waals surface area contributed by atoms with Crippen molar-refractivity contribution in [2.75, 3.05) is 6.54 Å². The van der Waals surface area contributed by atoms with Gasteiger partial charge in [-0.2, -0.15) is 0 Å². The molecule has 0 aliphatic carbocycles. The minimum Gasteiger partial charge on any atom is -0.481 e. The third kappa shape index (κ3) is 13.0. The number of nitrogens with one attached hydrogen (secondary N) is 1. The molecule has 0 heterocycles. The van der Waals surface area contributed by atoms with Crippen LogP contribution in [0.25, 0.3) is 0 Å². The molecule has 0 amide bonds. The highest BCUT2D eigenvalue weighted by molar-refractivity contribution is 5.73. The van der Waals surface area contributed by atoms with Crippen molar-refractivity contribution in [1.29, 1.82) is 0 Å². The lowest BCUT2D eigenvalue weighted by Crippen LogP contribution is -2.40. The first kappa shape index (κ1) is 21.9. The highest BCUT2D eigenvalue weighted by atomic mass is 16.4. The average molecular weight is 331 g/mol. The van der Waals surface area contributed by atoms with Gasteiger partial charge < -0.3 is 20.6 Å². The molecule has 0 fully saturated rings. The Morgan fingerprint density at radius 1 is 1.04 bits per heavy atom. The molecular weight excluding hydrogens is 298 g/mol. The van der Waals surface area contributed by atoms with Crippen molar-refractivity contribution in [2.24, 2.45) is 0 Å². The molecule has 0 saturated heterocycles. The first-order valence-electron chi connectivity index (χ1n) is 8.69. The molecule has 0 saturated carbocycles. The quantitative estimate of drug-likeness (QED) is 0.344. The Labute approximate surface area is 139 Å². The Balaban J connectivity index is 3.90. The maximum atomic E-state index is 11.2. The van der Waals surface area contributed by atoms with Crippen LogP contribution in [0, 0.1) is 0 Å². The Bertz CT molecular complexity index is 344. The summed E-state index contributed by atoms with van der Waals surface area (Å²) in [6, 6.07) is -0.601. The molecule has 4 N–H and O–H groups in total. The fourth-order valence-electron chi connectivity index (χ4n) is 2.49. The van der Waals surface area contributed by atoms with Crippen molar-refractivity contribution in [3.8, 4) is 0 Å². The smallest absolute Gasteiger partial charge is 0.320 e. The number of aliphatic hydroxyl groups is 1. The van der Waals surface area contributed by atoms with E-state index in [9.17, 15) is 19.8 Å². The molecule has 136 valence electrons. The van der Waals surface area contributed by atoms with E-state index in [0.29, 0.717) is 25.8 Å². The van der Waals surface area contributed by atoms with Gasteiger partial charge in [-0.05, 0) is 39.2 Å². The van der Waals surface area contributed by atoms with Crippen molar-refractivity contribution in [3.05, 3.63) is 0 Å². The van der Waals surface area contributed by atoms with Crippen LogP contribution >= 0.6 is 0 Å². The van der Waals surface area contributed by atoms with E-state index in [0.717, 1.165) is 38.5 Å². The van der Waals surface area contributed by atoms with Crippen LogP contribution in [0.5, 0.6) is 0 Å². The van der Waals surface area contributed by atoms with Crippen molar-refractivity contribution < 1.29 is 24.9 Å². The fourth-order valence-corrected chi connectivity index (χ4v) is 2.49. The second-order valence-corrected chi connectivity index (χ2v) is 6.54. The van der Waals surface area contributed by atoms with Gasteiger partial charge in [0.05, 0.1) is 5.60 Å². The Hall–Kier alpha value is -1.14. The first-order valence-corrected chi connectivity index (χ1v) is 8.69. The highest BCUT2D eigenvalue weighted by Crippen LogP contribution is 2.17. The Morgan fingerprint density at radius 3 is 2.26 bits per heavy atom. The van der Waals surface area contributed by atoms with E-state index in [1.54, 1.807) is 6.92 Å². The zero-order valence-electron chi connectivity index (χ0n) is 14.5. The predicted molar refractivity (Wildman–Crippen MR) is 89.5 cm³/mol. The topological polar surface area (TPSA) is 107 Å². The zero-order valence-corrected chi connectivity index (χ0v) is 14.5. The minimum atomic E-state index is -0.872. The van der Waals surface area contributed by atoms with Crippen molar-refractivity contribution in [3.63, 3.8) is 0 Å². The van der Waals surface area contributed by atoms with Gasteiger partial charge in [0.25, 0.3) is 0 Å². The summed E-state index contributed by atoms with van der Waals surface area (Å²) in [6.07, 6.45) is 7.01. The number of unbranched alkanes of at least 4 members (excludes halogenated alkanes) is 4. The summed E-state index contributed by atoms with van der Waals surface area (Å²) in [5, 5.41) is 30.9. The van der Waals surface area contributed by atoms with E-state index in [2.05, 4.69) is 12.2 Å². The summed E-state index contributed by atoms with van der Waals surface area (Å²) in [7, 11) is 0. The molecule has 0 aliphatic heterocycles. The van der Waals surface area contributed by atoms with Crippen LogP contribution in [0.1, 0.15) is 78.1 Å². The molecule has 0 spiro atoms. The molecule has 0 rings (SSSR count). The van der Waals surface area contributed by atoms with Gasteiger partial charge >= 0.3 is 11.9 Å². The molecule has 6 nitrogen and oxygen atoms in total. The van der Waals surface area contributed by atoms with Crippen LogP contribution in [0.3, 0.4) is 0 Å². The van der Waals surface area contributed by atoms with Gasteiger partial charge in [-0.3, -0.25) is 9.59 Å². The van der Waals surface area contributed by atoms with Gasteiger partial charge in [-0.25, -0.2) is 0 Å². The van der Waals surface area contributed by atoms with Crippen LogP contribution < -0.4 is 5.32 Å². The first-order chi connectivity index (χ1) is 10.8. The molecule has 0 bridgehead atoms. The number of aliphatic carboxylic acids is 2. The molecular formula is C17H33NO5. The highest BCUT2D eigenvalue weighted by Gasteiger charge is 2.21. The number of carbonyl (C=O) groups is 2. The average Bonchev–Trinajstić information content (AvgIpc) is 2.46. The van der Waals surface area contributed by atoms with Crippen LogP contribution in [0.2, 0.25) is 0 Å². The van der Waals surface area contributed by atoms with Gasteiger partial charge in [0.15, 0.2) is 0 Å². The molecule has 23 heavy (non-hydrogen) atoms. The number of hydrogen-bond acceptors (Lipinski definition) is 4. The van der Waals surface area contributed by atoms with E-state index < -0.39 is 23.6 Å². The number of carboxylic acid groups (broad SMARTS) is 2. The molecule has 2 unspecified atom stereocenters. The zero-order chi connectivity index (χ0) is 17.7. The molecule has 6 heteroatoms. The van der Waals surface area contributed by atoms with Crippen LogP contribution in [-0.4, -0.2) is 45.4 Å². The predicted octanol–water partition coefficient (Wildman–Crippen LogP) is 2.79. The summed E-state index contributed by atoms with van der Waals surface area (Å²) in [4.78, 5) is 21.6. The summed E-state index contributed by atoms with van der Waals surface area (Å²) in [5.41, 5.74) is -0.747. The van der Waals surface area contributed by atoms with E-state index in [4.69, 9.17) is 5.11 Å². The lowest BCUT2D eigenvalue weighted by molar-refractivity contribution is -0.140. The number of hydrogen-bond donors (Lipinski definition) is 4. The second-order valence-electron chi connectivity index (χ2n) is 6.54. The van der Waals surface area contributed by atoms with Crippen molar-refractivity contribution in [1.82, 2.24) is 5.32 Å². The third-order valence-electron chi connectivity index (χ3n) is 4.05. The standard InChI is InChI=1S/C17H33NO5/c1-3-4-11-17(2,23)12-13-18-14(16(21)22)9-7-5-6-8-10-15(19)20/h14,18,23H,3-13H2,1-2H3,(H,19,20)(H,21,22). The van der Waals surface area contributed by atoms with Crippen molar-refractivity contribution >= 4 is 11.9 Å².